The van der Waals surface area contributed by atoms with E-state index in [0.29, 0.717) is 0 Å². The van der Waals surface area contributed by atoms with Crippen molar-refractivity contribution < 1.29 is 0 Å². The third-order valence-corrected chi connectivity index (χ3v) is 8.83. The van der Waals surface area contributed by atoms with Crippen LogP contribution in [0.1, 0.15) is 0 Å². The van der Waals surface area contributed by atoms with Gasteiger partial charge in [0.2, 0.25) is 0 Å². The molecule has 0 saturated carbocycles. The van der Waals surface area contributed by atoms with Crippen LogP contribution >= 0.6 is 11.3 Å². The molecule has 182 valence electrons. The number of hydrogen-bond acceptors (Lipinski definition) is 2. The summed E-state index contributed by atoms with van der Waals surface area (Å²) in [5, 5.41) is 7.61. The predicted octanol–water partition coefficient (Wildman–Crippen LogP) is 9.64. The molecule has 39 heavy (non-hydrogen) atoms. The summed E-state index contributed by atoms with van der Waals surface area (Å²) in [4.78, 5) is 4.54. The van der Waals surface area contributed by atoms with Crippen molar-refractivity contribution >= 4 is 75.9 Å². The van der Waals surface area contributed by atoms with Crippen molar-refractivity contribution in [2.75, 3.05) is 0 Å². The van der Waals surface area contributed by atoms with Crippen LogP contribution in [0.4, 0.5) is 0 Å². The lowest BCUT2D eigenvalue weighted by atomic mass is 10.0. The second-order valence-electron chi connectivity index (χ2n) is 10.1. The lowest BCUT2D eigenvalue weighted by Crippen LogP contribution is -1.98. The number of aromatic nitrogens is 3. The summed E-state index contributed by atoms with van der Waals surface area (Å²) in [6, 6.07) is 44.1. The molecule has 3 heterocycles. The molecular formula is C35H21N3S. The maximum Gasteiger partial charge on any atom is 0.0813 e. The van der Waals surface area contributed by atoms with Crippen LogP contribution < -0.4 is 0 Å². The molecule has 9 rings (SSSR count). The van der Waals surface area contributed by atoms with Gasteiger partial charge >= 0.3 is 0 Å². The molecule has 6 aromatic carbocycles. The highest BCUT2D eigenvalue weighted by molar-refractivity contribution is 7.16. The molecule has 0 aliphatic heterocycles. The van der Waals surface area contributed by atoms with E-state index < -0.39 is 0 Å². The third-order valence-electron chi connectivity index (χ3n) is 8.04. The first-order valence-electron chi connectivity index (χ1n) is 13.1. The van der Waals surface area contributed by atoms with Crippen LogP contribution in [-0.2, 0) is 0 Å². The van der Waals surface area contributed by atoms with Crippen LogP contribution in [0.25, 0.3) is 76.0 Å². The molecule has 0 atom stereocenters. The van der Waals surface area contributed by atoms with E-state index in [-0.39, 0.29) is 0 Å². The Kier molecular flexibility index (Phi) is 4.21. The number of benzene rings is 6. The first kappa shape index (κ1) is 21.1. The minimum absolute atomic E-state index is 1.04. The Labute approximate surface area is 227 Å². The van der Waals surface area contributed by atoms with E-state index in [4.69, 9.17) is 0 Å². The molecule has 4 heteroatoms. The van der Waals surface area contributed by atoms with Gasteiger partial charge in [0, 0.05) is 32.9 Å². The molecule has 0 aliphatic carbocycles. The lowest BCUT2D eigenvalue weighted by Gasteiger charge is -2.12. The Hall–Kier alpha value is -4.93. The van der Waals surface area contributed by atoms with Crippen LogP contribution in [0.2, 0.25) is 0 Å². The van der Waals surface area contributed by atoms with Gasteiger partial charge in [0.15, 0.2) is 0 Å². The van der Waals surface area contributed by atoms with Crippen LogP contribution in [-0.4, -0.2) is 14.1 Å². The number of hydrogen-bond donors (Lipinski definition) is 0. The van der Waals surface area contributed by atoms with Crippen LogP contribution in [0.3, 0.4) is 0 Å². The molecule has 0 radical (unpaired) electrons. The van der Waals surface area contributed by atoms with E-state index in [0.717, 1.165) is 16.9 Å². The normalized spacial score (nSPS) is 12.1. The van der Waals surface area contributed by atoms with E-state index in [9.17, 15) is 0 Å². The molecule has 0 amide bonds. The maximum absolute atomic E-state index is 4.54. The largest absolute Gasteiger partial charge is 0.307 e. The van der Waals surface area contributed by atoms with Gasteiger partial charge in [-0.05, 0) is 53.2 Å². The summed E-state index contributed by atoms with van der Waals surface area (Å²) in [5.74, 6) is 0. The van der Waals surface area contributed by atoms with E-state index in [2.05, 4.69) is 135 Å². The highest BCUT2D eigenvalue weighted by atomic mass is 32.1. The Balaban J connectivity index is 1.59. The van der Waals surface area contributed by atoms with Crippen LogP contribution in [0.5, 0.6) is 0 Å². The van der Waals surface area contributed by atoms with Crippen molar-refractivity contribution in [1.29, 1.82) is 0 Å². The standard InChI is InChI=1S/C35H21N3S/c1-2-9-23(10-3-1)37-30-13-7-6-12-26(30)27-16-17-28-33-25-11-5-4-8-22(25)14-19-31(33)38(35(28)34(27)37)24-15-18-29-32(20-24)39-21-36-29/h1-21H. The second-order valence-corrected chi connectivity index (χ2v) is 11.0. The molecule has 0 N–H and O–H groups in total. The first-order valence-corrected chi connectivity index (χ1v) is 14.0. The highest BCUT2D eigenvalue weighted by Crippen LogP contribution is 2.43. The number of nitrogens with zero attached hydrogens (tertiary/aromatic N) is 3. The SMILES string of the molecule is c1ccc(-n2c3ccccc3c3ccc4c5c6ccccc6ccc5n(-c5ccc6ncsc6c5)c4c32)cc1. The van der Waals surface area contributed by atoms with Crippen molar-refractivity contribution in [2.45, 2.75) is 0 Å². The second kappa shape index (κ2) is 7.79. The number of fused-ring (bicyclic) bond motifs is 10. The molecular weight excluding hydrogens is 494 g/mol. The van der Waals surface area contributed by atoms with E-state index in [1.807, 2.05) is 5.51 Å². The molecule has 0 spiro atoms. The average molecular weight is 516 g/mol. The smallest absolute Gasteiger partial charge is 0.0813 e. The Bertz CT molecular complexity index is 2390. The van der Waals surface area contributed by atoms with E-state index in [1.165, 1.54) is 59.1 Å². The fourth-order valence-corrected chi connectivity index (χ4v) is 7.12. The van der Waals surface area contributed by atoms with Gasteiger partial charge < -0.3 is 9.13 Å². The average Bonchev–Trinajstić information content (AvgIpc) is 3.69. The van der Waals surface area contributed by atoms with Crippen molar-refractivity contribution in [1.82, 2.24) is 14.1 Å². The lowest BCUT2D eigenvalue weighted by molar-refractivity contribution is 1.15. The minimum atomic E-state index is 1.04. The summed E-state index contributed by atoms with van der Waals surface area (Å²) < 4.78 is 6.10. The van der Waals surface area contributed by atoms with E-state index >= 15 is 0 Å². The first-order chi connectivity index (χ1) is 19.4. The fourth-order valence-electron chi connectivity index (χ4n) is 6.41. The van der Waals surface area contributed by atoms with Crippen molar-refractivity contribution in [3.05, 3.63) is 127 Å². The van der Waals surface area contributed by atoms with Crippen molar-refractivity contribution in [3.8, 4) is 11.4 Å². The predicted molar refractivity (Wildman–Crippen MR) is 166 cm³/mol. The van der Waals surface area contributed by atoms with Gasteiger partial charge in [0.1, 0.15) is 0 Å². The quantitative estimate of drug-likeness (QED) is 0.225. The molecule has 3 nitrogen and oxygen atoms in total. The van der Waals surface area contributed by atoms with Gasteiger partial charge in [-0.2, -0.15) is 0 Å². The van der Waals surface area contributed by atoms with Gasteiger partial charge in [-0.1, -0.05) is 78.9 Å². The molecule has 0 fully saturated rings. The van der Waals surface area contributed by atoms with Crippen LogP contribution in [0.15, 0.2) is 127 Å². The van der Waals surface area contributed by atoms with Crippen molar-refractivity contribution in [2.24, 2.45) is 0 Å². The number of rotatable bonds is 2. The van der Waals surface area contributed by atoms with Gasteiger partial charge in [-0.15, -0.1) is 11.3 Å². The molecule has 9 aromatic rings. The Morgan fingerprint density at radius 2 is 1.26 bits per heavy atom. The zero-order valence-electron chi connectivity index (χ0n) is 20.9. The monoisotopic (exact) mass is 515 g/mol. The maximum atomic E-state index is 4.54. The zero-order chi connectivity index (χ0) is 25.5. The molecule has 3 aromatic heterocycles. The highest BCUT2D eigenvalue weighted by Gasteiger charge is 2.22. The summed E-state index contributed by atoms with van der Waals surface area (Å²) in [6.07, 6.45) is 0. The number of thiazole rings is 1. The summed E-state index contributed by atoms with van der Waals surface area (Å²) in [5.41, 5.74) is 10.2. The molecule has 0 aliphatic rings. The topological polar surface area (TPSA) is 22.8 Å². The van der Waals surface area contributed by atoms with E-state index in [1.54, 1.807) is 11.3 Å². The Morgan fingerprint density at radius 3 is 2.18 bits per heavy atom. The van der Waals surface area contributed by atoms with Gasteiger partial charge in [0.05, 0.1) is 37.8 Å². The molecule has 0 bridgehead atoms. The summed E-state index contributed by atoms with van der Waals surface area (Å²) in [7, 11) is 0. The van der Waals surface area contributed by atoms with Crippen LogP contribution in [0, 0.1) is 0 Å². The van der Waals surface area contributed by atoms with Crippen molar-refractivity contribution in [3.63, 3.8) is 0 Å². The van der Waals surface area contributed by atoms with Gasteiger partial charge in [0.25, 0.3) is 0 Å². The zero-order valence-corrected chi connectivity index (χ0v) is 21.7. The Morgan fingerprint density at radius 1 is 0.513 bits per heavy atom. The third kappa shape index (κ3) is 2.84. The van der Waals surface area contributed by atoms with Gasteiger partial charge in [-0.3, -0.25) is 0 Å². The molecule has 0 unspecified atom stereocenters. The summed E-state index contributed by atoms with van der Waals surface area (Å²) in [6.45, 7) is 0. The fraction of sp³-hybridized carbons (Fsp3) is 0. The summed E-state index contributed by atoms with van der Waals surface area (Å²) >= 11 is 1.69. The molecule has 0 saturated heterocycles. The number of para-hydroxylation sites is 2. The minimum Gasteiger partial charge on any atom is -0.307 e. The van der Waals surface area contributed by atoms with Gasteiger partial charge in [-0.25, -0.2) is 4.98 Å².